The van der Waals surface area contributed by atoms with E-state index in [1.165, 1.54) is 24.3 Å². The van der Waals surface area contributed by atoms with E-state index in [9.17, 15) is 18.9 Å². The normalized spacial score (nSPS) is 11.2. The van der Waals surface area contributed by atoms with Gasteiger partial charge in [0.1, 0.15) is 5.69 Å². The lowest BCUT2D eigenvalue weighted by molar-refractivity contribution is -0.383. The SMILES string of the molecule is N.O=[N+]([O-])c1ccccc1NS(=O)[O-]. The number of para-hydroxylation sites is 2. The van der Waals surface area contributed by atoms with Gasteiger partial charge in [-0.05, 0) is 6.07 Å². The van der Waals surface area contributed by atoms with Crippen molar-refractivity contribution >= 4 is 22.6 Å². The van der Waals surface area contributed by atoms with Crippen molar-refractivity contribution in [2.75, 3.05) is 4.72 Å². The third-order valence-electron chi connectivity index (χ3n) is 1.29. The number of nitro groups is 1. The third kappa shape index (κ3) is 3.09. The third-order valence-corrected chi connectivity index (χ3v) is 1.68. The zero-order chi connectivity index (χ0) is 9.84. The summed E-state index contributed by atoms with van der Waals surface area (Å²) in [6, 6.07) is 5.49. The van der Waals surface area contributed by atoms with Crippen LogP contribution >= 0.6 is 0 Å². The maximum absolute atomic E-state index is 10.4. The fourth-order valence-electron chi connectivity index (χ4n) is 0.809. The van der Waals surface area contributed by atoms with Crippen LogP contribution in [0, 0.1) is 10.1 Å². The molecule has 0 saturated heterocycles. The molecule has 0 amide bonds. The van der Waals surface area contributed by atoms with Crippen LogP contribution in [0.3, 0.4) is 0 Å². The standard InChI is InChI=1S/C6H6N2O4S.H3N/c9-8(10)6-4-2-1-3-5(6)7-13(11)12;/h1-4,7H,(H,11,12);1H3/p-1. The van der Waals surface area contributed by atoms with Crippen molar-refractivity contribution < 1.29 is 13.7 Å². The number of nitro benzene ring substituents is 1. The van der Waals surface area contributed by atoms with Crippen molar-refractivity contribution in [3.63, 3.8) is 0 Å². The minimum atomic E-state index is -2.55. The summed E-state index contributed by atoms with van der Waals surface area (Å²) in [5, 5.41) is 10.4. The van der Waals surface area contributed by atoms with Crippen LogP contribution in [0.5, 0.6) is 0 Å². The highest BCUT2D eigenvalue weighted by Crippen LogP contribution is 2.22. The molecule has 0 fully saturated rings. The van der Waals surface area contributed by atoms with E-state index in [0.717, 1.165) is 0 Å². The Morgan fingerprint density at radius 3 is 2.43 bits per heavy atom. The monoisotopic (exact) mass is 218 g/mol. The van der Waals surface area contributed by atoms with E-state index in [0.29, 0.717) is 0 Å². The summed E-state index contributed by atoms with van der Waals surface area (Å²) in [7, 11) is 0. The smallest absolute Gasteiger partial charge is 0.293 e. The van der Waals surface area contributed by atoms with Crippen LogP contribution in [0.25, 0.3) is 0 Å². The van der Waals surface area contributed by atoms with Gasteiger partial charge in [-0.15, -0.1) is 0 Å². The maximum Gasteiger partial charge on any atom is 0.293 e. The average molecular weight is 218 g/mol. The van der Waals surface area contributed by atoms with Gasteiger partial charge in [-0.2, -0.15) is 0 Å². The van der Waals surface area contributed by atoms with Gasteiger partial charge in [-0.1, -0.05) is 12.1 Å². The van der Waals surface area contributed by atoms with Crippen LogP contribution in [0.2, 0.25) is 0 Å². The molecule has 78 valence electrons. The molecule has 0 spiro atoms. The quantitative estimate of drug-likeness (QED) is 0.443. The van der Waals surface area contributed by atoms with Crippen LogP contribution in [0.4, 0.5) is 11.4 Å². The highest BCUT2D eigenvalue weighted by atomic mass is 32.2. The second-order valence-corrected chi connectivity index (χ2v) is 2.78. The summed E-state index contributed by atoms with van der Waals surface area (Å²) in [4.78, 5) is 9.71. The number of nitrogens with zero attached hydrogens (tertiary/aromatic N) is 1. The number of benzene rings is 1. The van der Waals surface area contributed by atoms with E-state index in [1.807, 2.05) is 4.72 Å². The Morgan fingerprint density at radius 2 is 1.93 bits per heavy atom. The average Bonchev–Trinajstić information content (AvgIpc) is 2.03. The lowest BCUT2D eigenvalue weighted by Crippen LogP contribution is -2.04. The summed E-state index contributed by atoms with van der Waals surface area (Å²) in [6.07, 6.45) is 0. The van der Waals surface area contributed by atoms with E-state index in [1.54, 1.807) is 0 Å². The summed E-state index contributed by atoms with van der Waals surface area (Å²) < 4.78 is 22.3. The molecule has 14 heavy (non-hydrogen) atoms. The molecule has 1 aromatic rings. The van der Waals surface area contributed by atoms with Gasteiger partial charge in [-0.25, -0.2) is 0 Å². The van der Waals surface area contributed by atoms with Crippen molar-refractivity contribution in [2.45, 2.75) is 0 Å². The van der Waals surface area contributed by atoms with Crippen molar-refractivity contribution in [1.82, 2.24) is 6.15 Å². The van der Waals surface area contributed by atoms with Gasteiger partial charge in [0, 0.05) is 17.3 Å². The second kappa shape index (κ2) is 5.27. The molecule has 7 nitrogen and oxygen atoms in total. The largest absolute Gasteiger partial charge is 0.755 e. The van der Waals surface area contributed by atoms with Crippen LogP contribution in [0.15, 0.2) is 24.3 Å². The molecule has 1 unspecified atom stereocenters. The lowest BCUT2D eigenvalue weighted by Gasteiger charge is -2.07. The number of rotatable bonds is 3. The Labute approximate surface area is 82.3 Å². The van der Waals surface area contributed by atoms with Crippen LogP contribution < -0.4 is 10.9 Å². The van der Waals surface area contributed by atoms with Crippen LogP contribution in [0.1, 0.15) is 0 Å². The van der Waals surface area contributed by atoms with Crippen LogP contribution in [-0.4, -0.2) is 13.7 Å². The van der Waals surface area contributed by atoms with Gasteiger partial charge in [0.05, 0.1) is 4.92 Å². The highest BCUT2D eigenvalue weighted by Gasteiger charge is 2.11. The molecule has 1 aromatic carbocycles. The second-order valence-electron chi connectivity index (χ2n) is 2.11. The molecule has 0 bridgehead atoms. The molecule has 0 radical (unpaired) electrons. The molecule has 0 aliphatic carbocycles. The highest BCUT2D eigenvalue weighted by molar-refractivity contribution is 7.80. The molecule has 0 heterocycles. The van der Waals surface area contributed by atoms with Gasteiger partial charge in [0.25, 0.3) is 5.69 Å². The van der Waals surface area contributed by atoms with Gasteiger partial charge >= 0.3 is 0 Å². The van der Waals surface area contributed by atoms with E-state index < -0.39 is 16.2 Å². The molecule has 0 saturated carbocycles. The fraction of sp³-hybridized carbons (Fsp3) is 0. The number of hydrogen-bond acceptors (Lipinski definition) is 5. The Morgan fingerprint density at radius 1 is 1.36 bits per heavy atom. The predicted molar refractivity (Wildman–Crippen MR) is 50.7 cm³/mol. The molecule has 1 rings (SSSR count). The Kier molecular flexibility index (Phi) is 4.70. The predicted octanol–water partition coefficient (Wildman–Crippen LogP) is 0.963. The summed E-state index contributed by atoms with van der Waals surface area (Å²) in [5.74, 6) is 0. The van der Waals surface area contributed by atoms with E-state index >= 15 is 0 Å². The van der Waals surface area contributed by atoms with Crippen LogP contribution in [-0.2, 0) is 11.3 Å². The molecule has 1 atom stereocenters. The zero-order valence-electron chi connectivity index (χ0n) is 7.00. The topological polar surface area (TPSA) is 130 Å². The van der Waals surface area contributed by atoms with Gasteiger partial charge in [0.2, 0.25) is 0 Å². The number of anilines is 1. The molecule has 4 N–H and O–H groups in total. The zero-order valence-corrected chi connectivity index (χ0v) is 7.82. The first-order valence-electron chi connectivity index (χ1n) is 3.20. The lowest BCUT2D eigenvalue weighted by atomic mass is 10.3. The van der Waals surface area contributed by atoms with Crippen molar-refractivity contribution in [2.24, 2.45) is 0 Å². The van der Waals surface area contributed by atoms with Gasteiger partial charge in [0.15, 0.2) is 0 Å². The Bertz CT molecular complexity index is 357. The van der Waals surface area contributed by atoms with Crippen molar-refractivity contribution in [3.05, 3.63) is 34.4 Å². The molecule has 8 heteroatoms. The molecule has 0 aliphatic rings. The number of nitrogens with one attached hydrogen (secondary N) is 1. The molecule has 0 aromatic heterocycles. The van der Waals surface area contributed by atoms with Gasteiger partial charge < -0.3 is 15.4 Å². The minimum absolute atomic E-state index is 0. The first-order chi connectivity index (χ1) is 6.11. The summed E-state index contributed by atoms with van der Waals surface area (Å²) >= 11 is -2.55. The first-order valence-corrected chi connectivity index (χ1v) is 4.28. The Hall–Kier alpha value is -1.51. The van der Waals surface area contributed by atoms with E-state index in [4.69, 9.17) is 0 Å². The summed E-state index contributed by atoms with van der Waals surface area (Å²) in [5.41, 5.74) is -0.312. The van der Waals surface area contributed by atoms with E-state index in [-0.39, 0.29) is 17.5 Å². The fourth-order valence-corrected chi connectivity index (χ4v) is 1.16. The van der Waals surface area contributed by atoms with E-state index in [2.05, 4.69) is 0 Å². The number of hydrogen-bond donors (Lipinski definition) is 2. The van der Waals surface area contributed by atoms with Crippen molar-refractivity contribution in [1.29, 1.82) is 0 Å². The molecule has 0 aliphatic heterocycles. The first kappa shape index (κ1) is 12.5. The van der Waals surface area contributed by atoms with Gasteiger partial charge in [-0.3, -0.25) is 14.3 Å². The molecular formula is C6H8N3O4S-. The van der Waals surface area contributed by atoms with Crippen molar-refractivity contribution in [3.8, 4) is 0 Å². The minimum Gasteiger partial charge on any atom is -0.755 e. The summed E-state index contributed by atoms with van der Waals surface area (Å²) in [6.45, 7) is 0. The molecular weight excluding hydrogens is 210 g/mol. The maximum atomic E-state index is 10.4. The Balaban J connectivity index is 0.00000169.